The summed E-state index contributed by atoms with van der Waals surface area (Å²) in [5.41, 5.74) is 1.92. The van der Waals surface area contributed by atoms with Crippen molar-refractivity contribution in [2.45, 2.75) is 6.42 Å². The lowest BCUT2D eigenvalue weighted by Gasteiger charge is -2.15. The normalized spacial score (nSPS) is 13.4. The van der Waals surface area contributed by atoms with Crippen molar-refractivity contribution in [3.8, 4) is 0 Å². The van der Waals surface area contributed by atoms with Gasteiger partial charge < -0.3 is 9.88 Å². The lowest BCUT2D eigenvalue weighted by Crippen LogP contribution is -2.29. The van der Waals surface area contributed by atoms with Gasteiger partial charge in [-0.2, -0.15) is 0 Å². The zero-order chi connectivity index (χ0) is 13.4. The third-order valence-electron chi connectivity index (χ3n) is 3.14. The summed E-state index contributed by atoms with van der Waals surface area (Å²) in [6.45, 7) is 0.562. The Kier molecular flexibility index (Phi) is 2.52. The summed E-state index contributed by atoms with van der Waals surface area (Å²) in [7, 11) is 0. The Hall–Kier alpha value is -2.70. The molecule has 0 saturated heterocycles. The molecule has 0 spiro atoms. The molecular formula is C12H10N4O3. The van der Waals surface area contributed by atoms with Crippen LogP contribution in [0.25, 0.3) is 0 Å². The van der Waals surface area contributed by atoms with Crippen LogP contribution in [-0.4, -0.2) is 27.3 Å². The van der Waals surface area contributed by atoms with Gasteiger partial charge in [-0.25, -0.2) is 0 Å². The molecule has 0 saturated carbocycles. The molecule has 19 heavy (non-hydrogen) atoms. The van der Waals surface area contributed by atoms with Crippen LogP contribution in [0.15, 0.2) is 30.7 Å². The van der Waals surface area contributed by atoms with Crippen LogP contribution in [0.4, 0.5) is 11.4 Å². The van der Waals surface area contributed by atoms with Crippen molar-refractivity contribution >= 4 is 17.3 Å². The van der Waals surface area contributed by atoms with Crippen LogP contribution in [0.1, 0.15) is 16.1 Å². The lowest BCUT2D eigenvalue weighted by atomic mass is 10.2. The van der Waals surface area contributed by atoms with Gasteiger partial charge in [0.05, 0.1) is 23.0 Å². The van der Waals surface area contributed by atoms with Gasteiger partial charge in [0.25, 0.3) is 11.6 Å². The average Bonchev–Trinajstić information content (AvgIpc) is 3.05. The summed E-state index contributed by atoms with van der Waals surface area (Å²) >= 11 is 0. The number of aromatic amines is 1. The summed E-state index contributed by atoms with van der Waals surface area (Å²) in [5.74, 6) is -0.278. The molecule has 3 rings (SSSR count). The van der Waals surface area contributed by atoms with Gasteiger partial charge in [0.15, 0.2) is 0 Å². The van der Waals surface area contributed by atoms with E-state index in [1.165, 1.54) is 12.3 Å². The predicted molar refractivity (Wildman–Crippen MR) is 67.1 cm³/mol. The minimum absolute atomic E-state index is 0.117. The first-order chi connectivity index (χ1) is 9.16. The Morgan fingerprint density at radius 2 is 2.37 bits per heavy atom. The van der Waals surface area contributed by atoms with E-state index in [4.69, 9.17) is 0 Å². The largest absolute Gasteiger partial charge is 0.351 e. The summed E-state index contributed by atoms with van der Waals surface area (Å²) in [4.78, 5) is 30.6. The topological polar surface area (TPSA) is 92.1 Å². The number of rotatable bonds is 2. The quantitative estimate of drug-likeness (QED) is 0.653. The zero-order valence-electron chi connectivity index (χ0n) is 9.87. The van der Waals surface area contributed by atoms with Crippen LogP contribution < -0.4 is 4.90 Å². The van der Waals surface area contributed by atoms with E-state index in [0.29, 0.717) is 6.54 Å². The van der Waals surface area contributed by atoms with E-state index in [0.717, 1.165) is 17.7 Å². The molecule has 1 aliphatic rings. The maximum atomic E-state index is 12.3. The summed E-state index contributed by atoms with van der Waals surface area (Å²) in [5, 5.41) is 10.6. The molecule has 1 aliphatic heterocycles. The number of fused-ring (bicyclic) bond motifs is 1. The van der Waals surface area contributed by atoms with E-state index >= 15 is 0 Å². The maximum Gasteiger partial charge on any atom is 0.287 e. The number of carbonyl (C=O) groups excluding carboxylic acids is 1. The number of aromatic nitrogens is 2. The average molecular weight is 258 g/mol. The number of nitro groups is 1. The van der Waals surface area contributed by atoms with E-state index in [1.54, 1.807) is 17.3 Å². The van der Waals surface area contributed by atoms with Gasteiger partial charge in [0.2, 0.25) is 0 Å². The molecule has 0 radical (unpaired) electrons. The third kappa shape index (κ3) is 1.85. The van der Waals surface area contributed by atoms with Gasteiger partial charge in [-0.1, -0.05) is 0 Å². The van der Waals surface area contributed by atoms with Crippen molar-refractivity contribution in [2.75, 3.05) is 11.4 Å². The first-order valence-electron chi connectivity index (χ1n) is 5.74. The van der Waals surface area contributed by atoms with Crippen molar-refractivity contribution in [2.24, 2.45) is 0 Å². The first-order valence-corrected chi connectivity index (χ1v) is 5.74. The highest BCUT2D eigenvalue weighted by Crippen LogP contribution is 2.28. The Morgan fingerprint density at radius 3 is 3.11 bits per heavy atom. The molecule has 96 valence electrons. The summed E-state index contributed by atoms with van der Waals surface area (Å²) in [6.07, 6.45) is 5.31. The number of anilines is 1. The molecule has 7 heteroatoms. The van der Waals surface area contributed by atoms with Gasteiger partial charge in [-0.3, -0.25) is 19.9 Å². The molecule has 0 fully saturated rings. The lowest BCUT2D eigenvalue weighted by molar-refractivity contribution is -0.384. The standard InChI is InChI=1S/C12H10N4O3/c17-12(10-5-9(6-14-10)16(18)19)15-4-2-8-1-3-13-7-11(8)15/h1,3,5-7,14H,2,4H2. The molecule has 0 aliphatic carbocycles. The molecule has 1 amide bonds. The molecule has 2 aromatic rings. The van der Waals surface area contributed by atoms with Crippen LogP contribution in [0, 0.1) is 10.1 Å². The fourth-order valence-electron chi connectivity index (χ4n) is 2.19. The number of amides is 1. The number of carbonyl (C=O) groups is 1. The van der Waals surface area contributed by atoms with Crippen LogP contribution in [0.3, 0.4) is 0 Å². The molecule has 0 atom stereocenters. The van der Waals surface area contributed by atoms with Crippen LogP contribution in [-0.2, 0) is 6.42 Å². The Bertz CT molecular complexity index is 664. The Morgan fingerprint density at radius 1 is 1.53 bits per heavy atom. The van der Waals surface area contributed by atoms with Crippen molar-refractivity contribution in [3.63, 3.8) is 0 Å². The Labute approximate surface area is 108 Å². The molecule has 3 heterocycles. The molecule has 7 nitrogen and oxygen atoms in total. The predicted octanol–water partition coefficient (Wildman–Crippen LogP) is 1.52. The second kappa shape index (κ2) is 4.20. The van der Waals surface area contributed by atoms with E-state index in [2.05, 4.69) is 9.97 Å². The Balaban J connectivity index is 1.91. The van der Waals surface area contributed by atoms with E-state index < -0.39 is 4.92 Å². The van der Waals surface area contributed by atoms with Gasteiger partial charge >= 0.3 is 0 Å². The van der Waals surface area contributed by atoms with Gasteiger partial charge in [0.1, 0.15) is 5.69 Å². The first kappa shape index (κ1) is 11.4. The maximum absolute atomic E-state index is 12.3. The van der Waals surface area contributed by atoms with Gasteiger partial charge in [-0.05, 0) is 18.1 Å². The molecule has 0 unspecified atom stereocenters. The van der Waals surface area contributed by atoms with Crippen molar-refractivity contribution in [1.29, 1.82) is 0 Å². The number of pyridine rings is 1. The molecule has 0 aromatic carbocycles. The van der Waals surface area contributed by atoms with Crippen molar-refractivity contribution < 1.29 is 9.72 Å². The molecular weight excluding hydrogens is 248 g/mol. The van der Waals surface area contributed by atoms with Gasteiger partial charge in [-0.15, -0.1) is 0 Å². The third-order valence-corrected chi connectivity index (χ3v) is 3.14. The zero-order valence-corrected chi connectivity index (χ0v) is 9.87. The summed E-state index contributed by atoms with van der Waals surface area (Å²) in [6, 6.07) is 3.12. The highest BCUT2D eigenvalue weighted by molar-refractivity contribution is 6.06. The SMILES string of the molecule is O=C(c1cc([N+](=O)[O-])c[nH]1)N1CCc2ccncc21. The minimum atomic E-state index is -0.535. The highest BCUT2D eigenvalue weighted by Gasteiger charge is 2.27. The molecule has 1 N–H and O–H groups in total. The minimum Gasteiger partial charge on any atom is -0.351 e. The van der Waals surface area contributed by atoms with E-state index in [1.807, 2.05) is 6.07 Å². The van der Waals surface area contributed by atoms with Gasteiger partial charge in [0, 0.05) is 18.8 Å². The number of nitrogens with zero attached hydrogens (tertiary/aromatic N) is 3. The number of nitrogens with one attached hydrogen (secondary N) is 1. The highest BCUT2D eigenvalue weighted by atomic mass is 16.6. The number of hydrogen-bond acceptors (Lipinski definition) is 4. The monoisotopic (exact) mass is 258 g/mol. The molecule has 2 aromatic heterocycles. The molecule has 0 bridgehead atoms. The number of hydrogen-bond donors (Lipinski definition) is 1. The van der Waals surface area contributed by atoms with E-state index in [9.17, 15) is 14.9 Å². The second-order valence-corrected chi connectivity index (χ2v) is 4.24. The van der Waals surface area contributed by atoms with Crippen molar-refractivity contribution in [3.05, 3.63) is 52.1 Å². The fraction of sp³-hybridized carbons (Fsp3) is 0.167. The summed E-state index contributed by atoms with van der Waals surface area (Å²) < 4.78 is 0. The second-order valence-electron chi connectivity index (χ2n) is 4.24. The van der Waals surface area contributed by atoms with Crippen LogP contribution >= 0.6 is 0 Å². The number of H-pyrrole nitrogens is 1. The van der Waals surface area contributed by atoms with E-state index in [-0.39, 0.29) is 17.3 Å². The van der Waals surface area contributed by atoms with Crippen molar-refractivity contribution in [1.82, 2.24) is 9.97 Å². The fourth-order valence-corrected chi connectivity index (χ4v) is 2.19. The van der Waals surface area contributed by atoms with Crippen LogP contribution in [0.5, 0.6) is 0 Å². The smallest absolute Gasteiger partial charge is 0.287 e. The van der Waals surface area contributed by atoms with Crippen LogP contribution in [0.2, 0.25) is 0 Å².